The van der Waals surface area contributed by atoms with Crippen LogP contribution < -0.4 is 80.4 Å². The smallest absolute Gasteiger partial charge is 0.546 e. The fourth-order valence-electron chi connectivity index (χ4n) is 3.10. The standard InChI is InChI=1S/C18H18N8O7S4.2Na/c1-6(16(29)30)33-24-10(7-3-35-18(19)21-7)13(27)22-11-14(28)26-12(17(31)32)8(4-34-15(11)26)36-5-37-9-2-20-25-23-9;;/h2-3,6,11,15H,4-5H2,1H3,(H2,19,21)(H,22,27)(H,29,30)(H,31,32)(H,20,23,25);;/q;2*+1/p-2/b24-10-;;/t6-,11+,15+;;/m0../s1. The molecule has 2 aliphatic heterocycles. The molecule has 1 fully saturated rings. The third-order valence-electron chi connectivity index (χ3n) is 4.86. The normalized spacial score (nSPS) is 19.2. The van der Waals surface area contributed by atoms with E-state index in [9.17, 15) is 29.4 Å². The predicted octanol–water partition coefficient (Wildman–Crippen LogP) is -8.45. The van der Waals surface area contributed by atoms with E-state index in [-0.39, 0.29) is 81.4 Å². The predicted molar refractivity (Wildman–Crippen MR) is 130 cm³/mol. The number of nitrogen functional groups attached to an aromatic ring is 1. The molecule has 2 aromatic heterocycles. The molecule has 4 rings (SSSR count). The number of hydrogen-bond donors (Lipinski definition) is 3. The van der Waals surface area contributed by atoms with Crippen LogP contribution in [-0.2, 0) is 24.0 Å². The molecule has 4 N–H and O–H groups in total. The van der Waals surface area contributed by atoms with Gasteiger partial charge in [0, 0.05) is 16.0 Å². The molecule has 0 aromatic carbocycles. The van der Waals surface area contributed by atoms with Crippen molar-refractivity contribution in [1.29, 1.82) is 0 Å². The van der Waals surface area contributed by atoms with Crippen molar-refractivity contribution in [2.75, 3.05) is 16.6 Å². The van der Waals surface area contributed by atoms with Crippen LogP contribution in [-0.4, -0.2) is 83.1 Å². The number of amides is 2. The Bertz CT molecular complexity index is 1290. The minimum Gasteiger partial charge on any atom is -0.546 e. The Morgan fingerprint density at radius 2 is 2.10 bits per heavy atom. The summed E-state index contributed by atoms with van der Waals surface area (Å²) in [6.45, 7) is 1.16. The van der Waals surface area contributed by atoms with E-state index in [1.165, 1.54) is 46.9 Å². The van der Waals surface area contributed by atoms with Crippen LogP contribution in [0.15, 0.2) is 32.4 Å². The van der Waals surface area contributed by atoms with Crippen LogP contribution >= 0.6 is 46.6 Å². The molecule has 15 nitrogen and oxygen atoms in total. The molecule has 0 unspecified atom stereocenters. The second-order valence-electron chi connectivity index (χ2n) is 7.21. The number of carbonyl (C=O) groups excluding carboxylic acids is 4. The molecule has 2 amide bonds. The first-order valence-corrected chi connectivity index (χ1v) is 14.0. The van der Waals surface area contributed by atoms with Crippen LogP contribution in [0.2, 0.25) is 0 Å². The molecular formula is C18H16N8Na2O7S4. The minimum absolute atomic E-state index is 0. The topological polar surface area (TPSA) is 232 Å². The zero-order valence-electron chi connectivity index (χ0n) is 20.6. The van der Waals surface area contributed by atoms with E-state index in [1.807, 2.05) is 0 Å². The summed E-state index contributed by atoms with van der Waals surface area (Å²) in [6.07, 6.45) is 0.0569. The third kappa shape index (κ3) is 7.92. The monoisotopic (exact) mass is 630 g/mol. The number of H-pyrrole nitrogens is 1. The van der Waals surface area contributed by atoms with E-state index < -0.39 is 47.0 Å². The number of carbonyl (C=O) groups is 4. The number of β-lactam (4-membered cyclic amide) rings is 1. The first-order valence-electron chi connectivity index (χ1n) is 10.1. The number of nitrogens with zero attached hydrogens (tertiary/aromatic N) is 5. The van der Waals surface area contributed by atoms with Crippen molar-refractivity contribution in [2.24, 2.45) is 5.16 Å². The van der Waals surface area contributed by atoms with Gasteiger partial charge in [0.15, 0.2) is 16.9 Å². The molecule has 0 saturated carbocycles. The van der Waals surface area contributed by atoms with Gasteiger partial charge >= 0.3 is 59.1 Å². The summed E-state index contributed by atoms with van der Waals surface area (Å²) in [5, 5.41) is 40.9. The van der Waals surface area contributed by atoms with Gasteiger partial charge in [-0.1, -0.05) is 16.9 Å². The first kappa shape index (κ1) is 33.9. The number of carboxylic acids is 2. The molecule has 2 aliphatic rings. The Kier molecular flexibility index (Phi) is 13.1. The molecule has 1 saturated heterocycles. The zero-order valence-corrected chi connectivity index (χ0v) is 27.9. The van der Waals surface area contributed by atoms with Crippen molar-refractivity contribution in [3.8, 4) is 0 Å². The third-order valence-corrected chi connectivity index (χ3v) is 9.12. The summed E-state index contributed by atoms with van der Waals surface area (Å²) >= 11 is 4.84. The Morgan fingerprint density at radius 3 is 2.69 bits per heavy atom. The van der Waals surface area contributed by atoms with Gasteiger partial charge in [-0.25, -0.2) is 4.98 Å². The summed E-state index contributed by atoms with van der Waals surface area (Å²) < 4.78 is 0. The van der Waals surface area contributed by atoms with Crippen LogP contribution in [0.3, 0.4) is 0 Å². The average Bonchev–Trinajstić information content (AvgIpc) is 3.53. The Morgan fingerprint density at radius 1 is 1.36 bits per heavy atom. The number of fused-ring (bicyclic) bond motifs is 1. The van der Waals surface area contributed by atoms with Crippen molar-refractivity contribution < 1.29 is 93.3 Å². The molecular weight excluding hydrogens is 614 g/mol. The van der Waals surface area contributed by atoms with Crippen molar-refractivity contribution in [3.05, 3.63) is 27.9 Å². The number of nitrogens with two attached hydrogens (primary N) is 1. The number of oxime groups is 1. The second-order valence-corrected chi connectivity index (χ2v) is 11.6. The summed E-state index contributed by atoms with van der Waals surface area (Å²) in [4.78, 5) is 59.0. The largest absolute Gasteiger partial charge is 1.00 e. The number of aromatic nitrogens is 4. The molecule has 39 heavy (non-hydrogen) atoms. The molecule has 0 radical (unpaired) electrons. The van der Waals surface area contributed by atoms with E-state index in [1.54, 1.807) is 0 Å². The van der Waals surface area contributed by atoms with Crippen LogP contribution in [0, 0.1) is 0 Å². The zero-order chi connectivity index (χ0) is 26.7. The number of nitrogens with one attached hydrogen (secondary N) is 2. The van der Waals surface area contributed by atoms with E-state index in [0.29, 0.717) is 15.0 Å². The molecule has 4 heterocycles. The van der Waals surface area contributed by atoms with Gasteiger partial charge in [-0.05, 0) is 6.92 Å². The quantitative estimate of drug-likeness (QED) is 0.0523. The van der Waals surface area contributed by atoms with Gasteiger partial charge < -0.3 is 35.7 Å². The maximum Gasteiger partial charge on any atom is 1.00 e. The van der Waals surface area contributed by atoms with Gasteiger partial charge in [0.25, 0.3) is 11.8 Å². The van der Waals surface area contributed by atoms with E-state index in [4.69, 9.17) is 10.6 Å². The summed E-state index contributed by atoms with van der Waals surface area (Å²) in [6, 6.07) is -1.08. The van der Waals surface area contributed by atoms with E-state index in [0.717, 1.165) is 23.2 Å². The number of rotatable bonds is 11. The Labute approximate surface area is 281 Å². The van der Waals surface area contributed by atoms with Gasteiger partial charge in [0.05, 0.1) is 28.9 Å². The number of thiazole rings is 1. The van der Waals surface area contributed by atoms with E-state index in [2.05, 4.69) is 30.9 Å². The van der Waals surface area contributed by atoms with Crippen LogP contribution in [0.5, 0.6) is 0 Å². The number of aliphatic carboxylic acids is 2. The van der Waals surface area contributed by atoms with Crippen molar-refractivity contribution in [1.82, 2.24) is 30.6 Å². The minimum atomic E-state index is -1.56. The molecule has 3 atom stereocenters. The van der Waals surface area contributed by atoms with Gasteiger partial charge in [0.2, 0.25) is 0 Å². The number of thioether (sulfide) groups is 3. The average molecular weight is 631 g/mol. The molecule has 0 bridgehead atoms. The van der Waals surface area contributed by atoms with Crippen LogP contribution in [0.1, 0.15) is 12.6 Å². The van der Waals surface area contributed by atoms with Crippen molar-refractivity contribution >= 4 is 81.2 Å². The number of hydrogen-bond acceptors (Lipinski definition) is 16. The maximum absolute atomic E-state index is 13.0. The molecule has 2 aromatic rings. The molecule has 0 aliphatic carbocycles. The fourth-order valence-corrected chi connectivity index (χ4v) is 7.22. The van der Waals surface area contributed by atoms with Crippen molar-refractivity contribution in [2.45, 2.75) is 29.5 Å². The molecule has 21 heteroatoms. The van der Waals surface area contributed by atoms with Gasteiger partial charge in [0.1, 0.15) is 22.1 Å². The van der Waals surface area contributed by atoms with Crippen LogP contribution in [0.25, 0.3) is 0 Å². The fraction of sp³-hybridized carbons (Fsp3) is 0.333. The number of carboxylic acid groups (broad SMARTS) is 2. The SMILES string of the molecule is C[C@H](O/N=C(\C(=O)N[C@@H]1C(=O)N2C(C(=O)[O-])=C(SCSc3cn[nH]n3)CS[C@H]12)c1csc(N)n1)C(=O)[O-].[Na+].[Na+]. The first-order chi connectivity index (χ1) is 17.7. The summed E-state index contributed by atoms with van der Waals surface area (Å²) in [5.74, 6) is -4.35. The molecule has 196 valence electrons. The number of aromatic amines is 1. The maximum atomic E-state index is 13.0. The number of anilines is 1. The Balaban J connectivity index is 0.00000267. The van der Waals surface area contributed by atoms with E-state index >= 15 is 0 Å². The van der Waals surface area contributed by atoms with Crippen LogP contribution in [0.4, 0.5) is 5.13 Å². The van der Waals surface area contributed by atoms with Crippen molar-refractivity contribution in [3.63, 3.8) is 0 Å². The Hall–Kier alpha value is -1.29. The van der Waals surface area contributed by atoms with Gasteiger partial charge in [-0.15, -0.1) is 40.0 Å². The second kappa shape index (κ2) is 15.1. The van der Waals surface area contributed by atoms with Gasteiger partial charge in [-0.2, -0.15) is 10.3 Å². The molecule has 0 spiro atoms. The van der Waals surface area contributed by atoms with Gasteiger partial charge in [-0.3, -0.25) is 14.5 Å². The summed E-state index contributed by atoms with van der Waals surface area (Å²) in [5.41, 5.74) is 4.96. The summed E-state index contributed by atoms with van der Waals surface area (Å²) in [7, 11) is 0.